The second kappa shape index (κ2) is 7.41. The molecule has 0 spiro atoms. The van der Waals surface area contributed by atoms with Crippen LogP contribution in [-0.4, -0.2) is 12.1 Å². The van der Waals surface area contributed by atoms with Crippen LogP contribution in [0.1, 0.15) is 27.2 Å². The Balaban J connectivity index is 0.000000617. The molecule has 3 nitrogen and oxygen atoms in total. The molecule has 2 rings (SSSR count). The topological polar surface area (TPSA) is 41.5 Å². The zero-order valence-corrected chi connectivity index (χ0v) is 12.9. The summed E-state index contributed by atoms with van der Waals surface area (Å²) >= 11 is 0. The van der Waals surface area contributed by atoms with Crippen molar-refractivity contribution in [3.63, 3.8) is 0 Å². The van der Waals surface area contributed by atoms with Gasteiger partial charge in [-0.25, -0.2) is 12.2 Å². The van der Waals surface area contributed by atoms with Crippen LogP contribution in [0.2, 0.25) is 0 Å². The first-order valence-corrected chi connectivity index (χ1v) is 4.84. The first-order valence-electron chi connectivity index (χ1n) is 4.84. The van der Waals surface area contributed by atoms with Crippen molar-refractivity contribution in [3.05, 3.63) is 29.5 Å². The van der Waals surface area contributed by atoms with Gasteiger partial charge in [-0.1, -0.05) is 19.4 Å². The van der Waals surface area contributed by atoms with Crippen molar-refractivity contribution in [1.29, 1.82) is 0 Å². The standard InChI is InChI=1S/C9H9N2O.C2H6.K/c1-6-2-3-7-4-8(12)11-9(7)10-5-6;1-2;/h2-3,5H,4H2,1H3,(H,11,12);1-2H3;/q-1;;+1. The number of nitrogens with zero attached hydrogens (tertiary/aromatic N) is 1. The van der Waals surface area contributed by atoms with Gasteiger partial charge in [-0.3, -0.25) is 9.79 Å². The van der Waals surface area contributed by atoms with E-state index >= 15 is 0 Å². The summed E-state index contributed by atoms with van der Waals surface area (Å²) in [5, 5.41) is 2.69. The number of nitrogens with one attached hydrogen (secondary N) is 1. The summed E-state index contributed by atoms with van der Waals surface area (Å²) in [4.78, 5) is 15.1. The molecule has 0 unspecified atom stereocenters. The van der Waals surface area contributed by atoms with E-state index in [1.807, 2.05) is 32.9 Å². The average molecular weight is 230 g/mol. The van der Waals surface area contributed by atoms with Gasteiger partial charge in [0.2, 0.25) is 5.91 Å². The molecule has 2 heterocycles. The molecule has 2 aliphatic heterocycles. The van der Waals surface area contributed by atoms with Crippen molar-refractivity contribution in [2.45, 2.75) is 27.2 Å². The predicted octanol–water partition coefficient (Wildman–Crippen LogP) is -1.02. The Morgan fingerprint density at radius 2 is 2.13 bits per heavy atom. The predicted molar refractivity (Wildman–Crippen MR) is 57.7 cm³/mol. The van der Waals surface area contributed by atoms with Crippen molar-refractivity contribution >= 4 is 12.1 Å². The maximum atomic E-state index is 10.9. The minimum absolute atomic E-state index is 0. The quantitative estimate of drug-likeness (QED) is 0.420. The van der Waals surface area contributed by atoms with Crippen LogP contribution in [-0.2, 0) is 4.79 Å². The van der Waals surface area contributed by atoms with Gasteiger partial charge in [0.25, 0.3) is 0 Å². The SMILES string of the molecule is CC.C[C-]1C=CC2=C(N=C1)NC(=O)C2.[K+]. The third-order valence-corrected chi connectivity index (χ3v) is 1.86. The second-order valence-electron chi connectivity index (χ2n) is 2.93. The molecule has 0 bridgehead atoms. The van der Waals surface area contributed by atoms with E-state index in [9.17, 15) is 4.79 Å². The molecule has 0 aromatic rings. The van der Waals surface area contributed by atoms with Crippen molar-refractivity contribution in [2.75, 3.05) is 0 Å². The maximum absolute atomic E-state index is 10.9. The molecule has 0 saturated heterocycles. The van der Waals surface area contributed by atoms with Crippen molar-refractivity contribution in [1.82, 2.24) is 5.32 Å². The van der Waals surface area contributed by atoms with Gasteiger partial charge < -0.3 is 5.32 Å². The minimum Gasteiger partial charge on any atom is -0.312 e. The molecule has 0 atom stereocenters. The van der Waals surface area contributed by atoms with Crippen LogP contribution in [0.25, 0.3) is 0 Å². The van der Waals surface area contributed by atoms with Gasteiger partial charge in [-0.15, -0.1) is 6.92 Å². The molecule has 15 heavy (non-hydrogen) atoms. The van der Waals surface area contributed by atoms with Crippen LogP contribution in [0.4, 0.5) is 0 Å². The molecule has 1 amide bonds. The molecule has 0 fully saturated rings. The number of hydrogen-bond donors (Lipinski definition) is 1. The fourth-order valence-electron chi connectivity index (χ4n) is 1.21. The molecule has 0 aromatic heterocycles. The smallest absolute Gasteiger partial charge is 0.312 e. The summed E-state index contributed by atoms with van der Waals surface area (Å²) in [6, 6.07) is 0. The van der Waals surface area contributed by atoms with Gasteiger partial charge >= 0.3 is 51.4 Å². The van der Waals surface area contributed by atoms with Crippen LogP contribution in [0.15, 0.2) is 28.5 Å². The fraction of sp³-hybridized carbons (Fsp3) is 0.364. The molecular weight excluding hydrogens is 215 g/mol. The van der Waals surface area contributed by atoms with Gasteiger partial charge in [0.15, 0.2) is 0 Å². The van der Waals surface area contributed by atoms with E-state index in [2.05, 4.69) is 10.3 Å². The van der Waals surface area contributed by atoms with Gasteiger partial charge in [0.1, 0.15) is 5.82 Å². The Hall–Kier alpha value is 0.126. The Morgan fingerprint density at radius 1 is 1.47 bits per heavy atom. The number of amides is 1. The normalized spacial score (nSPS) is 17.3. The second-order valence-corrected chi connectivity index (χ2v) is 2.93. The van der Waals surface area contributed by atoms with Crippen LogP contribution in [0.3, 0.4) is 0 Å². The van der Waals surface area contributed by atoms with Crippen LogP contribution >= 0.6 is 0 Å². The van der Waals surface area contributed by atoms with E-state index in [0.29, 0.717) is 12.2 Å². The summed E-state index contributed by atoms with van der Waals surface area (Å²) in [6.07, 6.45) is 6.11. The van der Waals surface area contributed by atoms with Gasteiger partial charge in [-0.2, -0.15) is 5.92 Å². The largest absolute Gasteiger partial charge is 1.00 e. The van der Waals surface area contributed by atoms with Gasteiger partial charge in [-0.05, 0) is 6.21 Å². The first-order chi connectivity index (χ1) is 6.75. The molecule has 0 saturated carbocycles. The summed E-state index contributed by atoms with van der Waals surface area (Å²) in [5.74, 6) is 1.83. The molecular formula is C11H15KN2O. The molecule has 1 N–H and O–H groups in total. The van der Waals surface area contributed by atoms with E-state index in [0.717, 1.165) is 11.5 Å². The summed E-state index contributed by atoms with van der Waals surface area (Å²) in [5.41, 5.74) is 0.980. The zero-order valence-electron chi connectivity index (χ0n) is 9.79. The number of aliphatic imine (C=N–C) groups is 1. The van der Waals surface area contributed by atoms with E-state index in [4.69, 9.17) is 0 Å². The van der Waals surface area contributed by atoms with Crippen molar-refractivity contribution < 1.29 is 56.2 Å². The van der Waals surface area contributed by atoms with E-state index < -0.39 is 0 Å². The molecule has 0 radical (unpaired) electrons. The van der Waals surface area contributed by atoms with E-state index in [1.54, 1.807) is 6.21 Å². The molecule has 0 aliphatic carbocycles. The average Bonchev–Trinajstić information content (AvgIpc) is 2.47. The van der Waals surface area contributed by atoms with Crippen molar-refractivity contribution in [3.8, 4) is 0 Å². The Kier molecular flexibility index (Phi) is 7.47. The number of carbonyl (C=O) groups excluding carboxylic acids is 1. The van der Waals surface area contributed by atoms with Crippen molar-refractivity contribution in [2.24, 2.45) is 4.99 Å². The number of rotatable bonds is 0. The number of allylic oxidation sites excluding steroid dienone is 2. The summed E-state index contributed by atoms with van der Waals surface area (Å²) in [6.45, 7) is 5.98. The van der Waals surface area contributed by atoms with Crippen LogP contribution < -0.4 is 56.7 Å². The van der Waals surface area contributed by atoms with Gasteiger partial charge in [0.05, 0.1) is 0 Å². The molecule has 76 valence electrons. The first kappa shape index (κ1) is 15.1. The number of carbonyl (C=O) groups is 1. The Labute approximate surface area is 134 Å². The van der Waals surface area contributed by atoms with E-state index in [1.165, 1.54) is 0 Å². The maximum Gasteiger partial charge on any atom is 1.00 e. The zero-order chi connectivity index (χ0) is 10.6. The minimum atomic E-state index is 0. The number of hydrogen-bond acceptors (Lipinski definition) is 2. The summed E-state index contributed by atoms with van der Waals surface area (Å²) < 4.78 is 0. The third kappa shape index (κ3) is 4.24. The molecule has 2 aliphatic rings. The van der Waals surface area contributed by atoms with Gasteiger partial charge in [0, 0.05) is 6.42 Å². The van der Waals surface area contributed by atoms with E-state index in [-0.39, 0.29) is 57.3 Å². The molecule has 4 heteroatoms. The van der Waals surface area contributed by atoms with Crippen LogP contribution in [0, 0.1) is 5.92 Å². The molecule has 0 aromatic carbocycles. The Morgan fingerprint density at radius 3 is 2.80 bits per heavy atom. The fourth-order valence-corrected chi connectivity index (χ4v) is 1.21. The van der Waals surface area contributed by atoms with Crippen LogP contribution in [0.5, 0.6) is 0 Å². The summed E-state index contributed by atoms with van der Waals surface area (Å²) in [7, 11) is 0. The third-order valence-electron chi connectivity index (χ3n) is 1.86. The Bertz CT molecular complexity index is 291. The monoisotopic (exact) mass is 230 g/mol.